The summed E-state index contributed by atoms with van der Waals surface area (Å²) in [5.41, 5.74) is 1.09. The fourth-order valence-corrected chi connectivity index (χ4v) is 4.71. The van der Waals surface area contributed by atoms with Gasteiger partial charge < -0.3 is 10.1 Å². The van der Waals surface area contributed by atoms with Crippen LogP contribution in [0.5, 0.6) is 5.75 Å². The van der Waals surface area contributed by atoms with Gasteiger partial charge in [0.1, 0.15) is 5.75 Å². The van der Waals surface area contributed by atoms with E-state index in [9.17, 15) is 13.2 Å². The Balaban J connectivity index is 1.61. The van der Waals surface area contributed by atoms with Gasteiger partial charge in [-0.15, -0.1) is 11.8 Å². The molecule has 1 amide bonds. The predicted octanol–water partition coefficient (Wildman–Crippen LogP) is 5.01. The zero-order valence-corrected chi connectivity index (χ0v) is 18.9. The van der Waals surface area contributed by atoms with Crippen LogP contribution in [-0.4, -0.2) is 26.2 Å². The minimum atomic E-state index is -3.64. The summed E-state index contributed by atoms with van der Waals surface area (Å²) in [6.45, 7) is 4.22. The molecule has 3 aromatic carbocycles. The first-order chi connectivity index (χ1) is 14.9. The third kappa shape index (κ3) is 6.26. The number of benzene rings is 3. The quantitative estimate of drug-likeness (QED) is 0.443. The van der Waals surface area contributed by atoms with Gasteiger partial charge in [0, 0.05) is 10.6 Å². The molecule has 3 aromatic rings. The third-order valence-corrected chi connectivity index (χ3v) is 6.80. The number of sulfonamides is 1. The minimum absolute atomic E-state index is 0.147. The molecule has 0 radical (unpaired) electrons. The number of para-hydroxylation sites is 2. The molecule has 0 saturated carbocycles. The van der Waals surface area contributed by atoms with Gasteiger partial charge in [-0.25, -0.2) is 8.42 Å². The third-order valence-electron chi connectivity index (χ3n) is 4.29. The minimum Gasteiger partial charge on any atom is -0.492 e. The molecule has 1 unspecified atom stereocenters. The van der Waals surface area contributed by atoms with Gasteiger partial charge in [-0.05, 0) is 62.4 Å². The first-order valence-electron chi connectivity index (χ1n) is 9.76. The molecule has 0 fully saturated rings. The summed E-state index contributed by atoms with van der Waals surface area (Å²) in [4.78, 5) is 13.7. The summed E-state index contributed by atoms with van der Waals surface area (Å²) in [5.74, 6) is 0.483. The highest BCUT2D eigenvalue weighted by Crippen LogP contribution is 2.28. The van der Waals surface area contributed by atoms with E-state index in [0.29, 0.717) is 23.7 Å². The Hall–Kier alpha value is -2.97. The van der Waals surface area contributed by atoms with Gasteiger partial charge in [-0.2, -0.15) is 0 Å². The maximum absolute atomic E-state index is 12.6. The number of nitrogens with one attached hydrogen (secondary N) is 2. The highest BCUT2D eigenvalue weighted by molar-refractivity contribution is 8.00. The fraction of sp³-hybridized carbons (Fsp3) is 0.174. The van der Waals surface area contributed by atoms with E-state index in [1.165, 1.54) is 23.9 Å². The van der Waals surface area contributed by atoms with Crippen LogP contribution >= 0.6 is 11.8 Å². The van der Waals surface area contributed by atoms with Gasteiger partial charge in [-0.1, -0.05) is 30.3 Å². The summed E-state index contributed by atoms with van der Waals surface area (Å²) in [5, 5.41) is 2.54. The SMILES string of the molecule is CCOc1ccccc1NC(=O)C(C)Sc1ccc(NS(=O)(=O)c2ccccc2)cc1. The number of amides is 1. The zero-order valence-electron chi connectivity index (χ0n) is 17.2. The van der Waals surface area contributed by atoms with E-state index in [4.69, 9.17) is 4.74 Å². The van der Waals surface area contributed by atoms with Gasteiger partial charge in [0.05, 0.1) is 22.4 Å². The smallest absolute Gasteiger partial charge is 0.261 e. The van der Waals surface area contributed by atoms with Gasteiger partial charge in [0.25, 0.3) is 10.0 Å². The van der Waals surface area contributed by atoms with E-state index in [-0.39, 0.29) is 16.1 Å². The molecular formula is C23H24N2O4S2. The van der Waals surface area contributed by atoms with Crippen LogP contribution in [0.4, 0.5) is 11.4 Å². The van der Waals surface area contributed by atoms with Crippen molar-refractivity contribution in [2.75, 3.05) is 16.6 Å². The maximum atomic E-state index is 12.6. The molecule has 0 bridgehead atoms. The standard InChI is InChI=1S/C23H24N2O4S2/c1-3-29-22-12-8-7-11-21(22)24-23(26)17(2)30-19-15-13-18(14-16-19)25-31(27,28)20-9-5-4-6-10-20/h4-17,25H,3H2,1-2H3,(H,24,26). The molecule has 2 N–H and O–H groups in total. The highest BCUT2D eigenvalue weighted by Gasteiger charge is 2.17. The molecule has 8 heteroatoms. The van der Waals surface area contributed by atoms with Crippen LogP contribution in [0, 0.1) is 0 Å². The summed E-state index contributed by atoms with van der Waals surface area (Å²) in [7, 11) is -3.64. The number of carbonyl (C=O) groups excluding carboxylic acids is 1. The van der Waals surface area contributed by atoms with E-state index in [1.807, 2.05) is 32.0 Å². The summed E-state index contributed by atoms with van der Waals surface area (Å²) in [6.07, 6.45) is 0. The van der Waals surface area contributed by atoms with Crippen LogP contribution < -0.4 is 14.8 Å². The lowest BCUT2D eigenvalue weighted by molar-refractivity contribution is -0.115. The molecule has 3 rings (SSSR count). The summed E-state index contributed by atoms with van der Waals surface area (Å²) < 4.78 is 32.9. The second kappa shape index (κ2) is 10.4. The lowest BCUT2D eigenvalue weighted by Gasteiger charge is -2.15. The molecule has 6 nitrogen and oxygen atoms in total. The van der Waals surface area contributed by atoms with Gasteiger partial charge in [0.2, 0.25) is 5.91 Å². The molecule has 0 aliphatic carbocycles. The lowest BCUT2D eigenvalue weighted by Crippen LogP contribution is -2.22. The molecule has 0 aliphatic heterocycles. The number of rotatable bonds is 9. The fourth-order valence-electron chi connectivity index (χ4n) is 2.76. The average molecular weight is 457 g/mol. The first kappa shape index (κ1) is 22.7. The lowest BCUT2D eigenvalue weighted by atomic mass is 10.3. The van der Waals surface area contributed by atoms with E-state index in [2.05, 4.69) is 10.0 Å². The Labute approximate surface area is 187 Å². The Morgan fingerprint density at radius 3 is 2.29 bits per heavy atom. The number of carbonyl (C=O) groups is 1. The van der Waals surface area contributed by atoms with E-state index in [0.717, 1.165) is 4.90 Å². The zero-order chi connectivity index (χ0) is 22.3. The second-order valence-corrected chi connectivity index (χ2v) is 9.72. The van der Waals surface area contributed by atoms with E-state index < -0.39 is 10.0 Å². The van der Waals surface area contributed by atoms with Crippen molar-refractivity contribution in [3.8, 4) is 5.75 Å². The maximum Gasteiger partial charge on any atom is 0.261 e. The first-order valence-corrected chi connectivity index (χ1v) is 12.1. The Morgan fingerprint density at radius 2 is 1.61 bits per heavy atom. The Bertz CT molecular complexity index is 1120. The second-order valence-electron chi connectivity index (χ2n) is 6.62. The molecule has 162 valence electrons. The summed E-state index contributed by atoms with van der Waals surface area (Å²) >= 11 is 1.38. The number of anilines is 2. The van der Waals surface area contributed by atoms with Crippen molar-refractivity contribution in [1.29, 1.82) is 0 Å². The molecule has 0 aromatic heterocycles. The molecule has 0 aliphatic rings. The molecular weight excluding hydrogens is 432 g/mol. The predicted molar refractivity (Wildman–Crippen MR) is 125 cm³/mol. The largest absolute Gasteiger partial charge is 0.492 e. The number of thioether (sulfide) groups is 1. The molecule has 1 atom stereocenters. The van der Waals surface area contributed by atoms with Crippen LogP contribution in [0.2, 0.25) is 0 Å². The highest BCUT2D eigenvalue weighted by atomic mass is 32.2. The van der Waals surface area contributed by atoms with Gasteiger partial charge in [0.15, 0.2) is 0 Å². The average Bonchev–Trinajstić information content (AvgIpc) is 2.77. The molecule has 0 saturated heterocycles. The normalized spacial score (nSPS) is 12.1. The van der Waals surface area contributed by atoms with Crippen LogP contribution in [0.15, 0.2) is 88.7 Å². The van der Waals surface area contributed by atoms with Gasteiger partial charge >= 0.3 is 0 Å². The van der Waals surface area contributed by atoms with Crippen LogP contribution in [0.1, 0.15) is 13.8 Å². The molecule has 0 spiro atoms. The number of ether oxygens (including phenoxy) is 1. The Morgan fingerprint density at radius 1 is 0.968 bits per heavy atom. The van der Waals surface area contributed by atoms with Crippen molar-refractivity contribution >= 4 is 39.1 Å². The monoisotopic (exact) mass is 456 g/mol. The van der Waals surface area contributed by atoms with Crippen molar-refractivity contribution in [2.45, 2.75) is 28.9 Å². The van der Waals surface area contributed by atoms with Crippen LogP contribution in [-0.2, 0) is 14.8 Å². The van der Waals surface area contributed by atoms with Crippen molar-refractivity contribution in [3.63, 3.8) is 0 Å². The molecule has 0 heterocycles. The summed E-state index contributed by atoms with van der Waals surface area (Å²) in [6, 6.07) is 22.4. The van der Waals surface area contributed by atoms with E-state index >= 15 is 0 Å². The Kier molecular flexibility index (Phi) is 7.59. The van der Waals surface area contributed by atoms with Crippen molar-refractivity contribution in [1.82, 2.24) is 0 Å². The number of hydrogen-bond donors (Lipinski definition) is 2. The number of hydrogen-bond acceptors (Lipinski definition) is 5. The van der Waals surface area contributed by atoms with Crippen molar-refractivity contribution in [2.24, 2.45) is 0 Å². The van der Waals surface area contributed by atoms with Crippen LogP contribution in [0.3, 0.4) is 0 Å². The van der Waals surface area contributed by atoms with Crippen LogP contribution in [0.25, 0.3) is 0 Å². The van der Waals surface area contributed by atoms with E-state index in [1.54, 1.807) is 48.5 Å². The van der Waals surface area contributed by atoms with Crippen molar-refractivity contribution < 1.29 is 17.9 Å². The molecule has 31 heavy (non-hydrogen) atoms. The van der Waals surface area contributed by atoms with Gasteiger partial charge in [-0.3, -0.25) is 9.52 Å². The van der Waals surface area contributed by atoms with Crippen molar-refractivity contribution in [3.05, 3.63) is 78.9 Å². The topological polar surface area (TPSA) is 84.5 Å².